The Hall–Kier alpha value is -0.890. The topological polar surface area (TPSA) is 25.8 Å². The molecule has 0 amide bonds. The normalized spacial score (nSPS) is 11.0. The summed E-state index contributed by atoms with van der Waals surface area (Å²) in [7, 11) is 0. The molecule has 1 heterocycles. The molecule has 0 aliphatic rings. The van der Waals surface area contributed by atoms with E-state index in [1.54, 1.807) is 0 Å². The van der Waals surface area contributed by atoms with E-state index < -0.39 is 0 Å². The van der Waals surface area contributed by atoms with E-state index >= 15 is 0 Å². The van der Waals surface area contributed by atoms with Crippen LogP contribution in [0.5, 0.6) is 0 Å². The predicted octanol–water partition coefficient (Wildman–Crippen LogP) is 3.25. The van der Waals surface area contributed by atoms with Crippen LogP contribution in [0.25, 0.3) is 6.08 Å². The highest BCUT2D eigenvalue weighted by atomic mass is 35.5. The van der Waals surface area contributed by atoms with Crippen molar-refractivity contribution in [2.24, 2.45) is 0 Å². The van der Waals surface area contributed by atoms with Crippen LogP contribution in [-0.2, 0) is 0 Å². The standard InChI is InChI=1S/C10H13ClN2/c1-3-4-5-6-9-8(2)12-7-13-10(9)11/h5-7H,3-4H2,1-2H3/b6-5-. The molecule has 1 aromatic rings. The highest BCUT2D eigenvalue weighted by molar-refractivity contribution is 6.30. The second kappa shape index (κ2) is 4.97. The summed E-state index contributed by atoms with van der Waals surface area (Å²) < 4.78 is 0. The van der Waals surface area contributed by atoms with E-state index in [4.69, 9.17) is 11.6 Å². The zero-order valence-electron chi connectivity index (χ0n) is 7.92. The Morgan fingerprint density at radius 3 is 2.85 bits per heavy atom. The minimum absolute atomic E-state index is 0.528. The predicted molar refractivity (Wildman–Crippen MR) is 55.7 cm³/mol. The number of hydrogen-bond donors (Lipinski definition) is 0. The van der Waals surface area contributed by atoms with Gasteiger partial charge >= 0.3 is 0 Å². The quantitative estimate of drug-likeness (QED) is 0.694. The van der Waals surface area contributed by atoms with Gasteiger partial charge in [0.15, 0.2) is 0 Å². The van der Waals surface area contributed by atoms with E-state index in [1.165, 1.54) is 6.33 Å². The summed E-state index contributed by atoms with van der Waals surface area (Å²) in [5, 5.41) is 0.528. The molecular weight excluding hydrogens is 184 g/mol. The molecule has 0 unspecified atom stereocenters. The summed E-state index contributed by atoms with van der Waals surface area (Å²) in [6.07, 6.45) is 7.76. The Balaban J connectivity index is 2.87. The SMILES string of the molecule is CCC/C=C\c1c(C)ncnc1Cl. The van der Waals surface area contributed by atoms with E-state index in [0.717, 1.165) is 24.1 Å². The van der Waals surface area contributed by atoms with Crippen LogP contribution >= 0.6 is 11.6 Å². The van der Waals surface area contributed by atoms with Crippen molar-refractivity contribution >= 4 is 17.7 Å². The van der Waals surface area contributed by atoms with Crippen LogP contribution in [0.2, 0.25) is 5.15 Å². The Morgan fingerprint density at radius 1 is 1.46 bits per heavy atom. The first kappa shape index (κ1) is 10.2. The lowest BCUT2D eigenvalue weighted by molar-refractivity contribution is 0.961. The van der Waals surface area contributed by atoms with Crippen molar-refractivity contribution in [1.82, 2.24) is 9.97 Å². The molecule has 0 saturated heterocycles. The van der Waals surface area contributed by atoms with E-state index in [9.17, 15) is 0 Å². The Kier molecular flexibility index (Phi) is 3.90. The van der Waals surface area contributed by atoms with Gasteiger partial charge in [-0.25, -0.2) is 9.97 Å². The largest absolute Gasteiger partial charge is 0.241 e. The van der Waals surface area contributed by atoms with Gasteiger partial charge in [0.1, 0.15) is 11.5 Å². The summed E-state index contributed by atoms with van der Waals surface area (Å²) >= 11 is 5.91. The summed E-state index contributed by atoms with van der Waals surface area (Å²) in [6.45, 7) is 4.07. The van der Waals surface area contributed by atoms with Crippen molar-refractivity contribution in [2.75, 3.05) is 0 Å². The van der Waals surface area contributed by atoms with Crippen LogP contribution < -0.4 is 0 Å². The molecular formula is C10H13ClN2. The molecule has 13 heavy (non-hydrogen) atoms. The Morgan fingerprint density at radius 2 is 2.23 bits per heavy atom. The van der Waals surface area contributed by atoms with E-state index in [1.807, 2.05) is 13.0 Å². The highest BCUT2D eigenvalue weighted by Crippen LogP contribution is 2.16. The number of unbranched alkanes of at least 4 members (excludes halogenated alkanes) is 1. The summed E-state index contributed by atoms with van der Waals surface area (Å²) in [6, 6.07) is 0. The average Bonchev–Trinajstić information content (AvgIpc) is 2.10. The van der Waals surface area contributed by atoms with Gasteiger partial charge < -0.3 is 0 Å². The first-order valence-corrected chi connectivity index (χ1v) is 4.77. The third-order valence-electron chi connectivity index (χ3n) is 1.77. The minimum Gasteiger partial charge on any atom is -0.241 e. The molecule has 0 saturated carbocycles. The molecule has 0 fully saturated rings. The maximum Gasteiger partial charge on any atom is 0.139 e. The van der Waals surface area contributed by atoms with Gasteiger partial charge in [-0.1, -0.05) is 37.1 Å². The second-order valence-electron chi connectivity index (χ2n) is 2.85. The summed E-state index contributed by atoms with van der Waals surface area (Å²) in [5.74, 6) is 0. The fraction of sp³-hybridized carbons (Fsp3) is 0.400. The number of aryl methyl sites for hydroxylation is 1. The Labute approximate surface area is 83.7 Å². The number of allylic oxidation sites excluding steroid dienone is 1. The van der Waals surface area contributed by atoms with Gasteiger partial charge in [-0.3, -0.25) is 0 Å². The minimum atomic E-state index is 0.528. The molecule has 70 valence electrons. The fourth-order valence-electron chi connectivity index (χ4n) is 1.01. The molecule has 3 heteroatoms. The first-order chi connectivity index (χ1) is 6.25. The fourth-order valence-corrected chi connectivity index (χ4v) is 1.26. The van der Waals surface area contributed by atoms with Crippen molar-refractivity contribution in [3.63, 3.8) is 0 Å². The monoisotopic (exact) mass is 196 g/mol. The van der Waals surface area contributed by atoms with Crippen molar-refractivity contribution in [2.45, 2.75) is 26.7 Å². The van der Waals surface area contributed by atoms with Crippen LogP contribution in [0.1, 0.15) is 31.0 Å². The number of nitrogens with zero attached hydrogens (tertiary/aromatic N) is 2. The second-order valence-corrected chi connectivity index (χ2v) is 3.21. The van der Waals surface area contributed by atoms with Crippen molar-refractivity contribution < 1.29 is 0 Å². The van der Waals surface area contributed by atoms with Crippen LogP contribution in [0.3, 0.4) is 0 Å². The van der Waals surface area contributed by atoms with Gasteiger partial charge in [0, 0.05) is 11.3 Å². The highest BCUT2D eigenvalue weighted by Gasteiger charge is 2.00. The van der Waals surface area contributed by atoms with E-state index in [2.05, 4.69) is 23.0 Å². The van der Waals surface area contributed by atoms with Gasteiger partial charge in [0.25, 0.3) is 0 Å². The van der Waals surface area contributed by atoms with E-state index in [-0.39, 0.29) is 0 Å². The molecule has 0 aliphatic heterocycles. The van der Waals surface area contributed by atoms with Crippen LogP contribution in [0, 0.1) is 6.92 Å². The zero-order valence-corrected chi connectivity index (χ0v) is 8.67. The number of hydrogen-bond acceptors (Lipinski definition) is 2. The van der Waals surface area contributed by atoms with Crippen molar-refractivity contribution in [3.05, 3.63) is 28.8 Å². The number of halogens is 1. The van der Waals surface area contributed by atoms with Crippen molar-refractivity contribution in [3.8, 4) is 0 Å². The van der Waals surface area contributed by atoms with Crippen LogP contribution in [0.15, 0.2) is 12.4 Å². The van der Waals surface area contributed by atoms with Gasteiger partial charge in [-0.2, -0.15) is 0 Å². The molecule has 1 aromatic heterocycles. The van der Waals surface area contributed by atoms with E-state index in [0.29, 0.717) is 5.15 Å². The van der Waals surface area contributed by atoms with Gasteiger partial charge in [0.05, 0.1) is 0 Å². The van der Waals surface area contributed by atoms with Crippen molar-refractivity contribution in [1.29, 1.82) is 0 Å². The maximum absolute atomic E-state index is 5.91. The third kappa shape index (κ3) is 2.81. The Bertz CT molecular complexity index is 288. The molecule has 0 bridgehead atoms. The lowest BCUT2D eigenvalue weighted by Crippen LogP contribution is -1.89. The van der Waals surface area contributed by atoms with Gasteiger partial charge in [-0.15, -0.1) is 0 Å². The molecule has 0 N–H and O–H groups in total. The summed E-state index contributed by atoms with van der Waals surface area (Å²) in [4.78, 5) is 7.99. The lowest BCUT2D eigenvalue weighted by Gasteiger charge is -1.99. The molecule has 1 rings (SSSR count). The smallest absolute Gasteiger partial charge is 0.139 e. The molecule has 0 spiro atoms. The molecule has 0 aliphatic carbocycles. The lowest BCUT2D eigenvalue weighted by atomic mass is 10.2. The van der Waals surface area contributed by atoms with Crippen LogP contribution in [-0.4, -0.2) is 9.97 Å². The van der Waals surface area contributed by atoms with Crippen LogP contribution in [0.4, 0.5) is 0 Å². The number of rotatable bonds is 3. The molecule has 2 nitrogen and oxygen atoms in total. The third-order valence-corrected chi connectivity index (χ3v) is 2.08. The molecule has 0 atom stereocenters. The average molecular weight is 197 g/mol. The first-order valence-electron chi connectivity index (χ1n) is 4.39. The molecule has 0 aromatic carbocycles. The summed E-state index contributed by atoms with van der Waals surface area (Å²) in [5.41, 5.74) is 1.85. The van der Waals surface area contributed by atoms with Gasteiger partial charge in [-0.05, 0) is 13.3 Å². The molecule has 0 radical (unpaired) electrons. The number of aromatic nitrogens is 2. The maximum atomic E-state index is 5.91. The zero-order chi connectivity index (χ0) is 9.68. The van der Waals surface area contributed by atoms with Gasteiger partial charge in [0.2, 0.25) is 0 Å².